The van der Waals surface area contributed by atoms with Crippen molar-refractivity contribution in [2.75, 3.05) is 26.7 Å². The van der Waals surface area contributed by atoms with E-state index in [-0.39, 0.29) is 0 Å². The van der Waals surface area contributed by atoms with Gasteiger partial charge >= 0.3 is 0 Å². The Morgan fingerprint density at radius 3 is 2.71 bits per heavy atom. The highest BCUT2D eigenvalue weighted by Gasteiger charge is 2.31. The zero-order chi connectivity index (χ0) is 17.2. The zero-order valence-corrected chi connectivity index (χ0v) is 14.9. The van der Waals surface area contributed by atoms with Gasteiger partial charge < -0.3 is 15.3 Å². The Kier molecular flexibility index (Phi) is 5.04. The summed E-state index contributed by atoms with van der Waals surface area (Å²) in [5.74, 6) is 0. The van der Waals surface area contributed by atoms with Gasteiger partial charge in [0.1, 0.15) is 0 Å². The molecular weight excluding hydrogens is 300 g/mol. The molecule has 1 fully saturated rings. The minimum absolute atomic E-state index is 0.618. The first-order chi connectivity index (χ1) is 11.5. The Hall–Kier alpha value is -1.69. The van der Waals surface area contributed by atoms with Gasteiger partial charge in [0, 0.05) is 30.9 Å². The number of piperidine rings is 1. The summed E-state index contributed by atoms with van der Waals surface area (Å²) in [5.41, 5.74) is 3.86. The van der Waals surface area contributed by atoms with Crippen LogP contribution in [-0.4, -0.2) is 52.1 Å². The van der Waals surface area contributed by atoms with Gasteiger partial charge in [0.25, 0.3) is 0 Å². The topological polar surface area (TPSA) is 53.3 Å². The maximum Gasteiger partial charge on any atom is 0.0898 e. The molecule has 1 saturated heterocycles. The molecule has 24 heavy (non-hydrogen) atoms. The highest BCUT2D eigenvalue weighted by molar-refractivity contribution is 5.36. The molecule has 2 heterocycles. The summed E-state index contributed by atoms with van der Waals surface area (Å²) in [6, 6.07) is 10.2. The average Bonchev–Trinajstić information content (AvgIpc) is 2.83. The van der Waals surface area contributed by atoms with E-state index in [2.05, 4.69) is 41.4 Å². The molecule has 130 valence electrons. The molecule has 1 aliphatic rings. The molecule has 0 unspecified atom stereocenters. The highest BCUT2D eigenvalue weighted by Crippen LogP contribution is 2.21. The number of nitrogens with one attached hydrogen (secondary N) is 1. The average molecular weight is 328 g/mol. The van der Waals surface area contributed by atoms with E-state index in [0.29, 0.717) is 6.54 Å². The predicted molar refractivity (Wildman–Crippen MR) is 96.4 cm³/mol. The van der Waals surface area contributed by atoms with Gasteiger partial charge in [0.2, 0.25) is 0 Å². The van der Waals surface area contributed by atoms with E-state index in [1.54, 1.807) is 0 Å². The van der Waals surface area contributed by atoms with Crippen LogP contribution in [0.4, 0.5) is 0 Å². The Balaban J connectivity index is 1.67. The molecule has 2 N–H and O–H groups in total. The predicted octanol–water partition coefficient (Wildman–Crippen LogP) is 2.04. The van der Waals surface area contributed by atoms with Crippen LogP contribution in [0.2, 0.25) is 0 Å². The third-order valence-corrected chi connectivity index (χ3v) is 4.94. The molecule has 5 nitrogen and oxygen atoms in total. The highest BCUT2D eigenvalue weighted by atomic mass is 16.3. The van der Waals surface area contributed by atoms with Gasteiger partial charge in [0.05, 0.1) is 17.0 Å². The Labute approximate surface area is 144 Å². The van der Waals surface area contributed by atoms with Crippen LogP contribution in [0, 0.1) is 13.8 Å². The number of rotatable bonds is 5. The number of hydrogen-bond acceptors (Lipinski definition) is 4. The van der Waals surface area contributed by atoms with Gasteiger partial charge in [-0.2, -0.15) is 5.10 Å². The second-order valence-electron chi connectivity index (χ2n) is 7.07. The number of benzene rings is 1. The maximum absolute atomic E-state index is 10.7. The van der Waals surface area contributed by atoms with Crippen molar-refractivity contribution in [3.63, 3.8) is 0 Å². The molecule has 1 atom stereocenters. The third kappa shape index (κ3) is 3.69. The van der Waals surface area contributed by atoms with Crippen LogP contribution >= 0.6 is 0 Å². The molecule has 1 aromatic carbocycles. The van der Waals surface area contributed by atoms with Crippen molar-refractivity contribution in [2.24, 2.45) is 0 Å². The number of aliphatic hydroxyl groups is 1. The summed E-state index contributed by atoms with van der Waals surface area (Å²) in [6.07, 6.45) is 1.92. The van der Waals surface area contributed by atoms with Gasteiger partial charge in [0.15, 0.2) is 0 Å². The van der Waals surface area contributed by atoms with Crippen LogP contribution in [0.15, 0.2) is 30.3 Å². The molecule has 0 radical (unpaired) electrons. The van der Waals surface area contributed by atoms with Crippen molar-refractivity contribution >= 4 is 0 Å². The fraction of sp³-hybridized carbons (Fsp3) is 0.526. The molecule has 0 bridgehead atoms. The van der Waals surface area contributed by atoms with E-state index >= 15 is 0 Å². The Morgan fingerprint density at radius 1 is 1.25 bits per heavy atom. The minimum atomic E-state index is -0.621. The quantitative estimate of drug-likeness (QED) is 0.882. The lowest BCUT2D eigenvalue weighted by molar-refractivity contribution is -0.0218. The monoisotopic (exact) mass is 328 g/mol. The van der Waals surface area contributed by atoms with Crippen molar-refractivity contribution in [1.29, 1.82) is 0 Å². The van der Waals surface area contributed by atoms with Gasteiger partial charge in [-0.3, -0.25) is 0 Å². The van der Waals surface area contributed by atoms with E-state index in [1.807, 2.05) is 29.8 Å². The fourth-order valence-corrected chi connectivity index (χ4v) is 3.65. The first-order valence-corrected chi connectivity index (χ1v) is 8.71. The largest absolute Gasteiger partial charge is 0.387 e. The van der Waals surface area contributed by atoms with Crippen LogP contribution in [0.1, 0.15) is 29.8 Å². The van der Waals surface area contributed by atoms with E-state index in [1.165, 1.54) is 5.56 Å². The molecule has 2 aromatic rings. The van der Waals surface area contributed by atoms with Gasteiger partial charge in [-0.05, 0) is 52.4 Å². The number of likely N-dealkylation sites (N-methyl/N-ethyl adjacent to an activating group) is 1. The fourth-order valence-electron chi connectivity index (χ4n) is 3.65. The zero-order valence-electron chi connectivity index (χ0n) is 14.9. The second-order valence-corrected chi connectivity index (χ2v) is 7.07. The van der Waals surface area contributed by atoms with E-state index in [9.17, 15) is 5.11 Å². The molecule has 0 saturated carbocycles. The SMILES string of the molecule is Cc1nn(-c2ccccc2)c(C)c1CNC[C@@]1(O)CCCN(C)C1. The number of likely N-dealkylation sites (tertiary alicyclic amines) is 1. The van der Waals surface area contributed by atoms with Crippen molar-refractivity contribution in [3.05, 3.63) is 47.3 Å². The van der Waals surface area contributed by atoms with E-state index in [4.69, 9.17) is 0 Å². The van der Waals surface area contributed by atoms with Crippen LogP contribution in [0.5, 0.6) is 0 Å². The molecule has 0 aliphatic carbocycles. The van der Waals surface area contributed by atoms with Crippen LogP contribution in [0.25, 0.3) is 5.69 Å². The third-order valence-electron chi connectivity index (χ3n) is 4.94. The summed E-state index contributed by atoms with van der Waals surface area (Å²) < 4.78 is 2.00. The minimum Gasteiger partial charge on any atom is -0.387 e. The van der Waals surface area contributed by atoms with Crippen molar-refractivity contribution < 1.29 is 5.11 Å². The number of para-hydroxylation sites is 1. The molecular formula is C19H28N4O. The molecule has 0 spiro atoms. The van der Waals surface area contributed by atoms with Crippen molar-refractivity contribution in [2.45, 2.75) is 38.8 Å². The van der Waals surface area contributed by atoms with Gasteiger partial charge in [-0.15, -0.1) is 0 Å². The van der Waals surface area contributed by atoms with Crippen LogP contribution in [0.3, 0.4) is 0 Å². The second kappa shape index (κ2) is 7.05. The van der Waals surface area contributed by atoms with Crippen LogP contribution in [-0.2, 0) is 6.54 Å². The van der Waals surface area contributed by atoms with E-state index < -0.39 is 5.60 Å². The summed E-state index contributed by atoms with van der Waals surface area (Å²) >= 11 is 0. The normalized spacial score (nSPS) is 22.0. The number of hydrogen-bond donors (Lipinski definition) is 2. The molecule has 1 aromatic heterocycles. The number of nitrogens with zero attached hydrogens (tertiary/aromatic N) is 3. The Morgan fingerprint density at radius 2 is 2.00 bits per heavy atom. The summed E-state index contributed by atoms with van der Waals surface area (Å²) in [6.45, 7) is 7.31. The summed E-state index contributed by atoms with van der Waals surface area (Å²) in [4.78, 5) is 2.20. The van der Waals surface area contributed by atoms with E-state index in [0.717, 1.165) is 49.6 Å². The summed E-state index contributed by atoms with van der Waals surface area (Å²) in [7, 11) is 2.07. The maximum atomic E-state index is 10.7. The first-order valence-electron chi connectivity index (χ1n) is 8.71. The van der Waals surface area contributed by atoms with Gasteiger partial charge in [-0.1, -0.05) is 18.2 Å². The lowest BCUT2D eigenvalue weighted by atomic mass is 9.93. The molecule has 1 aliphatic heterocycles. The summed E-state index contributed by atoms with van der Waals surface area (Å²) in [5, 5.41) is 18.8. The first kappa shape index (κ1) is 17.1. The lowest BCUT2D eigenvalue weighted by Gasteiger charge is -2.37. The lowest BCUT2D eigenvalue weighted by Crippen LogP contribution is -2.52. The standard InChI is InChI=1S/C19H28N4O/c1-15-18(12-20-13-19(24)10-7-11-22(3)14-19)16(2)23(21-15)17-8-5-4-6-9-17/h4-6,8-9,20,24H,7,10-14H2,1-3H3/t19-/m0/s1. The number of aromatic nitrogens is 2. The van der Waals surface area contributed by atoms with Crippen molar-refractivity contribution in [1.82, 2.24) is 20.0 Å². The molecule has 5 heteroatoms. The van der Waals surface area contributed by atoms with Gasteiger partial charge in [-0.25, -0.2) is 4.68 Å². The molecule has 3 rings (SSSR count). The molecule has 0 amide bonds. The van der Waals surface area contributed by atoms with Crippen molar-refractivity contribution in [3.8, 4) is 5.69 Å². The smallest absolute Gasteiger partial charge is 0.0898 e. The van der Waals surface area contributed by atoms with Crippen LogP contribution < -0.4 is 5.32 Å². The number of β-amino-alcohol motifs (C(OH)–C–C–N with tert-alkyl or cyclic N) is 1. The number of aryl methyl sites for hydroxylation is 1. The Bertz CT molecular complexity index is 682.